The van der Waals surface area contributed by atoms with Crippen LogP contribution in [0.1, 0.15) is 26.7 Å². The second kappa shape index (κ2) is 5.85. The van der Waals surface area contributed by atoms with Crippen molar-refractivity contribution in [2.45, 2.75) is 38.8 Å². The number of aromatic amines is 1. The van der Waals surface area contributed by atoms with Gasteiger partial charge in [-0.1, -0.05) is 12.2 Å². The quantitative estimate of drug-likeness (QED) is 0.848. The maximum absolute atomic E-state index is 4.40. The standard InChI is InChI=1S/C16H23N5/c1-11(2)8-21-9-13(5-4-12(21)3)20-16-14-6-7-17-15(14)18-10-19-16/h6-7,10,12-13H,1,4-5,8-9H2,2-3H3,(H2,17,18,19,20)/t12-,13+/m0/s1. The van der Waals surface area contributed by atoms with Crippen LogP contribution >= 0.6 is 0 Å². The Balaban J connectivity index is 1.73. The van der Waals surface area contributed by atoms with Crippen LogP contribution in [0.25, 0.3) is 11.0 Å². The Labute approximate surface area is 125 Å². The predicted molar refractivity (Wildman–Crippen MR) is 86.4 cm³/mol. The van der Waals surface area contributed by atoms with Gasteiger partial charge in [-0.3, -0.25) is 4.90 Å². The van der Waals surface area contributed by atoms with Gasteiger partial charge in [0, 0.05) is 31.4 Å². The number of rotatable bonds is 4. The molecule has 112 valence electrons. The van der Waals surface area contributed by atoms with Crippen LogP contribution in [-0.2, 0) is 0 Å². The van der Waals surface area contributed by atoms with Crippen molar-refractivity contribution in [2.75, 3.05) is 18.4 Å². The van der Waals surface area contributed by atoms with Crippen molar-refractivity contribution in [1.29, 1.82) is 0 Å². The van der Waals surface area contributed by atoms with E-state index in [-0.39, 0.29) is 0 Å². The summed E-state index contributed by atoms with van der Waals surface area (Å²) >= 11 is 0. The van der Waals surface area contributed by atoms with Crippen LogP contribution in [0.4, 0.5) is 5.82 Å². The van der Waals surface area contributed by atoms with Crippen molar-refractivity contribution in [3.05, 3.63) is 30.7 Å². The van der Waals surface area contributed by atoms with Crippen LogP contribution in [0.15, 0.2) is 30.7 Å². The number of H-pyrrole nitrogens is 1. The fourth-order valence-corrected chi connectivity index (χ4v) is 3.04. The lowest BCUT2D eigenvalue weighted by Gasteiger charge is -2.38. The van der Waals surface area contributed by atoms with Crippen LogP contribution in [0, 0.1) is 0 Å². The lowest BCUT2D eigenvalue weighted by molar-refractivity contribution is 0.164. The fraction of sp³-hybridized carbons (Fsp3) is 0.500. The van der Waals surface area contributed by atoms with Gasteiger partial charge in [-0.05, 0) is 32.8 Å². The number of piperidine rings is 1. The third-order valence-corrected chi connectivity index (χ3v) is 4.18. The van der Waals surface area contributed by atoms with E-state index in [4.69, 9.17) is 0 Å². The zero-order valence-electron chi connectivity index (χ0n) is 12.8. The molecule has 0 unspecified atom stereocenters. The van der Waals surface area contributed by atoms with Crippen LogP contribution in [0.3, 0.4) is 0 Å². The van der Waals surface area contributed by atoms with Crippen molar-refractivity contribution >= 4 is 16.9 Å². The summed E-state index contributed by atoms with van der Waals surface area (Å²) in [5.74, 6) is 0.927. The van der Waals surface area contributed by atoms with E-state index >= 15 is 0 Å². The number of likely N-dealkylation sites (tertiary alicyclic amines) is 1. The Kier molecular flexibility index (Phi) is 3.92. The molecule has 3 rings (SSSR count). The molecular formula is C16H23N5. The molecule has 2 N–H and O–H groups in total. The van der Waals surface area contributed by atoms with Gasteiger partial charge in [0.2, 0.25) is 0 Å². The van der Waals surface area contributed by atoms with E-state index in [0.29, 0.717) is 12.1 Å². The smallest absolute Gasteiger partial charge is 0.142 e. The van der Waals surface area contributed by atoms with Crippen molar-refractivity contribution in [2.24, 2.45) is 0 Å². The molecule has 0 bridgehead atoms. The maximum atomic E-state index is 4.40. The number of fused-ring (bicyclic) bond motifs is 1. The molecule has 1 saturated heterocycles. The van der Waals surface area contributed by atoms with E-state index in [1.165, 1.54) is 18.4 Å². The Hall–Kier alpha value is -1.88. The largest absolute Gasteiger partial charge is 0.365 e. The summed E-state index contributed by atoms with van der Waals surface area (Å²) in [5, 5.41) is 4.65. The minimum Gasteiger partial charge on any atom is -0.365 e. The first-order chi connectivity index (χ1) is 10.1. The summed E-state index contributed by atoms with van der Waals surface area (Å²) < 4.78 is 0. The summed E-state index contributed by atoms with van der Waals surface area (Å²) in [6.07, 6.45) is 5.88. The Morgan fingerprint density at radius 3 is 3.14 bits per heavy atom. The zero-order chi connectivity index (χ0) is 14.8. The summed E-state index contributed by atoms with van der Waals surface area (Å²) in [5.41, 5.74) is 2.10. The van der Waals surface area contributed by atoms with Crippen LogP contribution in [-0.4, -0.2) is 45.0 Å². The second-order valence-corrected chi connectivity index (χ2v) is 6.12. The third-order valence-electron chi connectivity index (χ3n) is 4.18. The number of nitrogens with one attached hydrogen (secondary N) is 2. The Bertz CT molecular complexity index is 632. The molecule has 0 radical (unpaired) electrons. The average molecular weight is 285 g/mol. The molecule has 2 aromatic rings. The number of anilines is 1. The molecule has 5 nitrogen and oxygen atoms in total. The minimum atomic E-state index is 0.425. The average Bonchev–Trinajstić information content (AvgIpc) is 2.91. The normalized spacial score (nSPS) is 23.3. The van der Waals surface area contributed by atoms with Crippen molar-refractivity contribution in [1.82, 2.24) is 19.9 Å². The summed E-state index contributed by atoms with van der Waals surface area (Å²) in [6, 6.07) is 3.07. The van der Waals surface area contributed by atoms with E-state index in [9.17, 15) is 0 Å². The molecule has 3 heterocycles. The van der Waals surface area contributed by atoms with Gasteiger partial charge in [0.15, 0.2) is 0 Å². The summed E-state index contributed by atoms with van der Waals surface area (Å²) in [6.45, 7) is 10.4. The molecule has 0 spiro atoms. The van der Waals surface area contributed by atoms with E-state index in [2.05, 4.69) is 45.6 Å². The van der Waals surface area contributed by atoms with Crippen LogP contribution in [0.5, 0.6) is 0 Å². The van der Waals surface area contributed by atoms with Crippen molar-refractivity contribution in [3.63, 3.8) is 0 Å². The first-order valence-corrected chi connectivity index (χ1v) is 7.56. The third kappa shape index (κ3) is 3.08. The van der Waals surface area contributed by atoms with E-state index < -0.39 is 0 Å². The molecule has 0 saturated carbocycles. The first kappa shape index (κ1) is 14.1. The summed E-state index contributed by atoms with van der Waals surface area (Å²) in [7, 11) is 0. The molecular weight excluding hydrogens is 262 g/mol. The van der Waals surface area contributed by atoms with Crippen LogP contribution < -0.4 is 5.32 Å². The molecule has 2 aromatic heterocycles. The second-order valence-electron chi connectivity index (χ2n) is 6.12. The predicted octanol–water partition coefficient (Wildman–Crippen LogP) is 2.80. The maximum Gasteiger partial charge on any atom is 0.142 e. The Morgan fingerprint density at radius 2 is 2.33 bits per heavy atom. The topological polar surface area (TPSA) is 56.8 Å². The molecule has 1 aliphatic rings. The highest BCUT2D eigenvalue weighted by Gasteiger charge is 2.25. The molecule has 1 aliphatic heterocycles. The first-order valence-electron chi connectivity index (χ1n) is 7.56. The molecule has 0 amide bonds. The minimum absolute atomic E-state index is 0.425. The molecule has 0 aromatic carbocycles. The molecule has 0 aliphatic carbocycles. The van der Waals surface area contributed by atoms with Gasteiger partial charge >= 0.3 is 0 Å². The van der Waals surface area contributed by atoms with Gasteiger partial charge in [-0.25, -0.2) is 9.97 Å². The molecule has 2 atom stereocenters. The number of aromatic nitrogens is 3. The number of nitrogens with zero attached hydrogens (tertiary/aromatic N) is 3. The van der Waals surface area contributed by atoms with Crippen LogP contribution in [0.2, 0.25) is 0 Å². The molecule has 5 heteroatoms. The number of hydrogen-bond acceptors (Lipinski definition) is 4. The highest BCUT2D eigenvalue weighted by atomic mass is 15.2. The zero-order valence-corrected chi connectivity index (χ0v) is 12.8. The highest BCUT2D eigenvalue weighted by molar-refractivity contribution is 5.86. The molecule has 21 heavy (non-hydrogen) atoms. The molecule has 1 fully saturated rings. The Morgan fingerprint density at radius 1 is 1.48 bits per heavy atom. The monoisotopic (exact) mass is 285 g/mol. The van der Waals surface area contributed by atoms with Gasteiger partial charge in [0.25, 0.3) is 0 Å². The van der Waals surface area contributed by atoms with Gasteiger partial charge < -0.3 is 10.3 Å². The van der Waals surface area contributed by atoms with Gasteiger partial charge in [0.1, 0.15) is 17.8 Å². The summed E-state index contributed by atoms with van der Waals surface area (Å²) in [4.78, 5) is 14.3. The van der Waals surface area contributed by atoms with Gasteiger partial charge in [-0.15, -0.1) is 0 Å². The van der Waals surface area contributed by atoms with Gasteiger partial charge in [0.05, 0.1) is 5.39 Å². The van der Waals surface area contributed by atoms with E-state index in [1.807, 2.05) is 12.3 Å². The lowest BCUT2D eigenvalue weighted by Crippen LogP contribution is -2.47. The van der Waals surface area contributed by atoms with Crippen molar-refractivity contribution < 1.29 is 0 Å². The van der Waals surface area contributed by atoms with E-state index in [0.717, 1.165) is 29.9 Å². The number of hydrogen-bond donors (Lipinski definition) is 2. The van der Waals surface area contributed by atoms with Crippen molar-refractivity contribution in [3.8, 4) is 0 Å². The fourth-order valence-electron chi connectivity index (χ4n) is 3.04. The van der Waals surface area contributed by atoms with E-state index in [1.54, 1.807) is 6.33 Å². The highest BCUT2D eigenvalue weighted by Crippen LogP contribution is 2.23. The van der Waals surface area contributed by atoms with Gasteiger partial charge in [-0.2, -0.15) is 0 Å². The SMILES string of the molecule is C=C(C)CN1C[C@H](Nc2ncnc3[nH]ccc23)CC[C@@H]1C. The lowest BCUT2D eigenvalue weighted by atomic mass is 9.98.